The molecule has 4 radical (unpaired) electrons. The first-order valence-electron chi connectivity index (χ1n) is 4.33. The molecule has 0 aromatic rings. The fourth-order valence-electron chi connectivity index (χ4n) is 1.27. The summed E-state index contributed by atoms with van der Waals surface area (Å²) < 4.78 is 0. The molecule has 0 atom stereocenters. The van der Waals surface area contributed by atoms with Crippen LogP contribution < -0.4 is 0 Å². The van der Waals surface area contributed by atoms with Gasteiger partial charge in [0.2, 0.25) is 0 Å². The Kier molecular flexibility index (Phi) is 2.65. The van der Waals surface area contributed by atoms with Crippen molar-refractivity contribution in [2.24, 2.45) is 5.41 Å². The van der Waals surface area contributed by atoms with Crippen molar-refractivity contribution in [3.05, 3.63) is 23.6 Å². The van der Waals surface area contributed by atoms with Crippen LogP contribution in [0.4, 0.5) is 0 Å². The van der Waals surface area contributed by atoms with Crippen LogP contribution in [-0.2, 0) is 0 Å². The maximum Gasteiger partial charge on any atom is 0.142 e. The predicted molar refractivity (Wildman–Crippen MR) is 59.7 cm³/mol. The molecule has 0 aliphatic carbocycles. The highest BCUT2D eigenvalue weighted by atomic mass is 14.2. The first-order chi connectivity index (χ1) is 5.41. The quantitative estimate of drug-likeness (QED) is 0.491. The highest BCUT2D eigenvalue weighted by molar-refractivity contribution is 7.60. The zero-order valence-electron chi connectivity index (χ0n) is 8.04. The lowest BCUT2D eigenvalue weighted by Crippen LogP contribution is -2.33. The van der Waals surface area contributed by atoms with Crippen molar-refractivity contribution in [3.63, 3.8) is 0 Å². The van der Waals surface area contributed by atoms with E-state index in [-0.39, 0.29) is 18.4 Å². The molecular weight excluding hydrogens is 139 g/mol. The summed E-state index contributed by atoms with van der Waals surface area (Å²) in [5.74, 6) is 4.23. The third-order valence-electron chi connectivity index (χ3n) is 2.18. The van der Waals surface area contributed by atoms with Gasteiger partial charge in [-0.15, -0.1) is 12.0 Å². The Hall–Kier alpha value is -0.260. The summed E-state index contributed by atoms with van der Waals surface area (Å²) in [6.45, 7) is 6.79. The molecule has 56 valence electrons. The van der Waals surface area contributed by atoms with Crippen LogP contribution in [0.25, 0.3) is 0 Å². The number of allylic oxidation sites excluding steroid dienone is 2. The minimum absolute atomic E-state index is 0.208. The first kappa shape index (κ1) is 9.82. The van der Waals surface area contributed by atoms with Crippen molar-refractivity contribution in [2.75, 3.05) is 0 Å². The molecule has 12 heavy (non-hydrogen) atoms. The van der Waals surface area contributed by atoms with Crippen LogP contribution in [-0.4, -0.2) is 28.5 Å². The summed E-state index contributed by atoms with van der Waals surface area (Å²) in [7, 11) is 11.2. The van der Waals surface area contributed by atoms with Gasteiger partial charge in [0, 0.05) is 21.9 Å². The maximum absolute atomic E-state index is 5.59. The Balaban J connectivity index is 2.75. The topological polar surface area (TPSA) is 0 Å². The lowest BCUT2D eigenvalue weighted by Gasteiger charge is -2.19. The summed E-state index contributed by atoms with van der Waals surface area (Å²) in [6, 6.07) is 0. The number of rotatable bonds is 1. The van der Waals surface area contributed by atoms with Crippen LogP contribution in [0.15, 0.2) is 23.6 Å². The van der Waals surface area contributed by atoms with E-state index in [9.17, 15) is 0 Å². The van der Waals surface area contributed by atoms with E-state index >= 15 is 0 Å². The van der Waals surface area contributed by atoms with Crippen LogP contribution in [0, 0.1) is 5.41 Å². The predicted octanol–water partition coefficient (Wildman–Crippen LogP) is 1.01. The van der Waals surface area contributed by atoms with Gasteiger partial charge in [-0.25, -0.2) is 0 Å². The first-order valence-corrected chi connectivity index (χ1v) is 4.33. The number of hydrogen-bond acceptors (Lipinski definition) is 0. The zero-order valence-corrected chi connectivity index (χ0v) is 8.04. The van der Waals surface area contributed by atoms with Gasteiger partial charge < -0.3 is 0 Å². The van der Waals surface area contributed by atoms with E-state index in [0.717, 1.165) is 0 Å². The largest absolute Gasteiger partial charge is 0.142 e. The second-order valence-electron chi connectivity index (χ2n) is 4.39. The third kappa shape index (κ3) is 2.12. The van der Waals surface area contributed by atoms with Crippen molar-refractivity contribution in [3.8, 4) is 0 Å². The van der Waals surface area contributed by atoms with Gasteiger partial charge in [-0.05, 0) is 5.41 Å². The van der Waals surface area contributed by atoms with Crippen LogP contribution in [0.2, 0.25) is 0 Å². The minimum Gasteiger partial charge on any atom is -0.119 e. The molecule has 0 aromatic carbocycles. The Labute approximate surface area is 78.8 Å². The van der Waals surface area contributed by atoms with Gasteiger partial charge in [0.25, 0.3) is 0 Å². The summed E-state index contributed by atoms with van der Waals surface area (Å²) in [4.78, 5) is 0. The zero-order chi connectivity index (χ0) is 9.35. The van der Waals surface area contributed by atoms with E-state index in [1.54, 1.807) is 0 Å². The summed E-state index contributed by atoms with van der Waals surface area (Å²) >= 11 is 0. The summed E-state index contributed by atoms with van der Waals surface area (Å²) in [5.41, 5.74) is 1.54. The van der Waals surface area contributed by atoms with Gasteiger partial charge in [0.15, 0.2) is 0 Å². The molecule has 0 bridgehead atoms. The second kappa shape index (κ2) is 3.24. The summed E-state index contributed by atoms with van der Waals surface area (Å²) in [6.07, 6.45) is 1.86. The van der Waals surface area contributed by atoms with Gasteiger partial charge in [-0.1, -0.05) is 32.4 Å². The third-order valence-corrected chi connectivity index (χ3v) is 2.18. The van der Waals surface area contributed by atoms with E-state index in [4.69, 9.17) is 15.5 Å². The molecule has 0 nitrogen and oxygen atoms in total. The normalized spacial score (nSPS) is 16.6. The molecule has 1 rings (SSSR count). The van der Waals surface area contributed by atoms with E-state index in [1.807, 2.05) is 0 Å². The molecule has 1 aliphatic rings. The smallest absolute Gasteiger partial charge is 0.119 e. The van der Waals surface area contributed by atoms with Crippen LogP contribution in [0.5, 0.6) is 0 Å². The van der Waals surface area contributed by atoms with Crippen LogP contribution >= 0.6 is 0 Å². The standard InChI is InChI=1S/C8H12B4/c1-8(2,3)7-4-5-11(6-7)12(9)10/h4-6H,1-3H3. The minimum atomic E-state index is -0.263. The SMILES string of the molecule is [B]B([B])B1C=CC(C(C)(C)C)=C1. The van der Waals surface area contributed by atoms with E-state index in [2.05, 4.69) is 38.8 Å². The van der Waals surface area contributed by atoms with Gasteiger partial charge >= 0.3 is 0 Å². The maximum atomic E-state index is 5.59. The Bertz CT molecular complexity index is 222. The Morgan fingerprint density at radius 3 is 2.17 bits per heavy atom. The van der Waals surface area contributed by atoms with Crippen molar-refractivity contribution in [1.82, 2.24) is 0 Å². The Morgan fingerprint density at radius 2 is 1.92 bits per heavy atom. The van der Waals surface area contributed by atoms with Gasteiger partial charge in [0.1, 0.15) is 6.60 Å². The van der Waals surface area contributed by atoms with Crippen molar-refractivity contribution >= 4 is 28.5 Å². The highest BCUT2D eigenvalue weighted by Crippen LogP contribution is 2.29. The molecule has 1 heterocycles. The van der Waals surface area contributed by atoms with E-state index < -0.39 is 0 Å². The Morgan fingerprint density at radius 1 is 1.33 bits per heavy atom. The molecule has 0 fully saturated rings. The second-order valence-corrected chi connectivity index (χ2v) is 4.39. The molecule has 0 saturated carbocycles. The van der Waals surface area contributed by atoms with Crippen LogP contribution in [0.1, 0.15) is 20.8 Å². The van der Waals surface area contributed by atoms with Gasteiger partial charge in [-0.3, -0.25) is 0 Å². The van der Waals surface area contributed by atoms with Crippen LogP contribution in [0.3, 0.4) is 0 Å². The summed E-state index contributed by atoms with van der Waals surface area (Å²) in [5, 5.41) is 0. The molecule has 0 unspecified atom stereocenters. The number of hydrogen-bond donors (Lipinski definition) is 0. The van der Waals surface area contributed by atoms with Gasteiger partial charge in [-0.2, -0.15) is 0 Å². The molecule has 0 aromatic heterocycles. The van der Waals surface area contributed by atoms with E-state index in [0.29, 0.717) is 0 Å². The molecule has 0 N–H and O–H groups in total. The van der Waals surface area contributed by atoms with E-state index in [1.165, 1.54) is 5.57 Å². The molecule has 1 aliphatic heterocycles. The van der Waals surface area contributed by atoms with Crippen molar-refractivity contribution < 1.29 is 0 Å². The fraction of sp³-hybridized carbons (Fsp3) is 0.500. The monoisotopic (exact) mass is 152 g/mol. The highest BCUT2D eigenvalue weighted by Gasteiger charge is 2.23. The van der Waals surface area contributed by atoms with Crippen molar-refractivity contribution in [2.45, 2.75) is 20.8 Å². The molecular formula is C8H12B4. The molecule has 0 amide bonds. The van der Waals surface area contributed by atoms with Gasteiger partial charge in [0.05, 0.1) is 0 Å². The van der Waals surface area contributed by atoms with Crippen molar-refractivity contribution in [1.29, 1.82) is 0 Å². The average Bonchev–Trinajstić information content (AvgIpc) is 2.30. The molecule has 0 spiro atoms. The lowest BCUT2D eigenvalue weighted by molar-refractivity contribution is 0.519. The molecule has 4 heteroatoms. The fourth-order valence-corrected chi connectivity index (χ4v) is 1.27. The molecule has 0 saturated heterocycles. The average molecular weight is 151 g/mol. The lowest BCUT2D eigenvalue weighted by atomic mass is 8.93.